The average molecular weight is 236 g/mol. The molecule has 0 heterocycles. The van der Waals surface area contributed by atoms with E-state index < -0.39 is 0 Å². The lowest BCUT2D eigenvalue weighted by Gasteiger charge is -2.00. The minimum absolute atomic E-state index is 0.266. The quantitative estimate of drug-likeness (QED) is 0.430. The molecule has 1 rings (SSSR count). The Kier molecular flexibility index (Phi) is 5.82. The van der Waals surface area contributed by atoms with E-state index in [0.717, 1.165) is 11.3 Å². The molecular formula is C13H16O4. The number of hydrogen-bond donors (Lipinski definition) is 0. The topological polar surface area (TPSA) is 44.8 Å². The van der Waals surface area contributed by atoms with Crippen LogP contribution in [0.1, 0.15) is 5.56 Å². The van der Waals surface area contributed by atoms with Crippen LogP contribution in [-0.4, -0.2) is 33.4 Å². The fraction of sp³-hybridized carbons (Fsp3) is 0.308. The maximum Gasteiger partial charge on any atom is 0.330 e. The molecule has 92 valence electrons. The molecule has 0 radical (unpaired) electrons. The number of carbonyl (C=O) groups is 1. The summed E-state index contributed by atoms with van der Waals surface area (Å²) in [4.78, 5) is 11.2. The summed E-state index contributed by atoms with van der Waals surface area (Å²) in [7, 11) is 3.17. The monoisotopic (exact) mass is 236 g/mol. The molecule has 0 aliphatic rings. The van der Waals surface area contributed by atoms with Crippen LogP contribution < -0.4 is 4.74 Å². The highest BCUT2D eigenvalue weighted by atomic mass is 16.6. The van der Waals surface area contributed by atoms with Gasteiger partial charge in [0.1, 0.15) is 12.4 Å². The summed E-state index contributed by atoms with van der Waals surface area (Å²) < 4.78 is 14.7. The summed E-state index contributed by atoms with van der Waals surface area (Å²) in [6.07, 6.45) is 3.08. The van der Waals surface area contributed by atoms with Crippen LogP contribution in [0.25, 0.3) is 6.08 Å². The largest absolute Gasteiger partial charge is 0.497 e. The summed E-state index contributed by atoms with van der Waals surface area (Å²) in [5.41, 5.74) is 0.912. The number of carbonyl (C=O) groups excluding carboxylic acids is 1. The maximum absolute atomic E-state index is 11.2. The Morgan fingerprint density at radius 2 is 1.88 bits per heavy atom. The number of esters is 1. The second-order valence-electron chi connectivity index (χ2n) is 3.27. The molecule has 17 heavy (non-hydrogen) atoms. The molecule has 0 atom stereocenters. The third kappa shape index (κ3) is 5.17. The summed E-state index contributed by atoms with van der Waals surface area (Å²) in [5.74, 6) is 0.405. The first-order chi connectivity index (χ1) is 8.26. The van der Waals surface area contributed by atoms with E-state index in [2.05, 4.69) is 0 Å². The first-order valence-corrected chi connectivity index (χ1v) is 5.24. The molecule has 0 N–H and O–H groups in total. The second-order valence-corrected chi connectivity index (χ2v) is 3.27. The van der Waals surface area contributed by atoms with Gasteiger partial charge in [-0.1, -0.05) is 12.1 Å². The zero-order chi connectivity index (χ0) is 12.5. The third-order valence-corrected chi connectivity index (χ3v) is 2.06. The van der Waals surface area contributed by atoms with Gasteiger partial charge in [0.2, 0.25) is 0 Å². The number of rotatable bonds is 6. The predicted molar refractivity (Wildman–Crippen MR) is 64.9 cm³/mol. The van der Waals surface area contributed by atoms with Crippen LogP contribution in [0.3, 0.4) is 0 Å². The van der Waals surface area contributed by atoms with E-state index in [-0.39, 0.29) is 12.6 Å². The lowest BCUT2D eigenvalue weighted by atomic mass is 10.2. The van der Waals surface area contributed by atoms with E-state index in [9.17, 15) is 4.79 Å². The van der Waals surface area contributed by atoms with Crippen LogP contribution in [-0.2, 0) is 14.3 Å². The van der Waals surface area contributed by atoms with Crippen molar-refractivity contribution in [2.45, 2.75) is 0 Å². The molecule has 0 aliphatic heterocycles. The molecule has 0 spiro atoms. The Labute approximate surface area is 101 Å². The van der Waals surface area contributed by atoms with Gasteiger partial charge >= 0.3 is 5.97 Å². The van der Waals surface area contributed by atoms with Gasteiger partial charge in [-0.25, -0.2) is 4.79 Å². The standard InChI is InChI=1S/C13H16O4/c1-15-9-10-17-13(14)8-5-11-3-6-12(16-2)7-4-11/h3-8H,9-10H2,1-2H3/b8-5+. The molecule has 0 saturated carbocycles. The van der Waals surface area contributed by atoms with E-state index in [4.69, 9.17) is 14.2 Å². The van der Waals surface area contributed by atoms with E-state index in [1.165, 1.54) is 6.08 Å². The molecule has 0 fully saturated rings. The van der Waals surface area contributed by atoms with Crippen LogP contribution in [0.4, 0.5) is 0 Å². The van der Waals surface area contributed by atoms with E-state index in [0.29, 0.717) is 6.61 Å². The number of benzene rings is 1. The molecule has 0 amide bonds. The van der Waals surface area contributed by atoms with Gasteiger partial charge < -0.3 is 14.2 Å². The molecule has 0 aliphatic carbocycles. The lowest BCUT2D eigenvalue weighted by molar-refractivity contribution is -0.138. The van der Waals surface area contributed by atoms with Gasteiger partial charge in [0.25, 0.3) is 0 Å². The van der Waals surface area contributed by atoms with Crippen molar-refractivity contribution in [3.63, 3.8) is 0 Å². The minimum atomic E-state index is -0.377. The Balaban J connectivity index is 2.43. The number of hydrogen-bond acceptors (Lipinski definition) is 4. The fourth-order valence-electron chi connectivity index (χ4n) is 1.15. The van der Waals surface area contributed by atoms with Crippen LogP contribution in [0.2, 0.25) is 0 Å². The minimum Gasteiger partial charge on any atom is -0.497 e. The zero-order valence-electron chi connectivity index (χ0n) is 10.0. The van der Waals surface area contributed by atoms with Crippen LogP contribution in [0.15, 0.2) is 30.3 Å². The Morgan fingerprint density at radius 1 is 1.18 bits per heavy atom. The molecule has 0 bridgehead atoms. The van der Waals surface area contributed by atoms with Crippen molar-refractivity contribution < 1.29 is 19.0 Å². The highest BCUT2D eigenvalue weighted by molar-refractivity contribution is 5.87. The first-order valence-electron chi connectivity index (χ1n) is 5.24. The molecule has 1 aromatic rings. The van der Waals surface area contributed by atoms with Gasteiger partial charge in [-0.05, 0) is 23.8 Å². The molecule has 4 nitrogen and oxygen atoms in total. The molecule has 4 heteroatoms. The number of methoxy groups -OCH3 is 2. The van der Waals surface area contributed by atoms with Crippen LogP contribution in [0, 0.1) is 0 Å². The van der Waals surface area contributed by atoms with Crippen molar-refractivity contribution >= 4 is 12.0 Å². The average Bonchev–Trinajstić information content (AvgIpc) is 2.37. The zero-order valence-corrected chi connectivity index (χ0v) is 10.0. The molecule has 1 aromatic carbocycles. The maximum atomic E-state index is 11.2. The van der Waals surface area contributed by atoms with Gasteiger partial charge in [0, 0.05) is 13.2 Å². The first kappa shape index (κ1) is 13.3. The van der Waals surface area contributed by atoms with Crippen molar-refractivity contribution in [3.05, 3.63) is 35.9 Å². The van der Waals surface area contributed by atoms with Gasteiger partial charge in [0.05, 0.1) is 13.7 Å². The fourth-order valence-corrected chi connectivity index (χ4v) is 1.15. The molecule has 0 saturated heterocycles. The molecule has 0 unspecified atom stereocenters. The highest BCUT2D eigenvalue weighted by Gasteiger charge is 1.96. The molecule has 0 aromatic heterocycles. The van der Waals surface area contributed by atoms with Crippen LogP contribution in [0.5, 0.6) is 5.75 Å². The second kappa shape index (κ2) is 7.46. The van der Waals surface area contributed by atoms with Crippen LogP contribution >= 0.6 is 0 Å². The van der Waals surface area contributed by atoms with Gasteiger partial charge in [0.15, 0.2) is 0 Å². The third-order valence-electron chi connectivity index (χ3n) is 2.06. The van der Waals surface area contributed by atoms with Crippen molar-refractivity contribution in [1.82, 2.24) is 0 Å². The van der Waals surface area contributed by atoms with E-state index >= 15 is 0 Å². The Bertz CT molecular complexity index is 368. The summed E-state index contributed by atoms with van der Waals surface area (Å²) in [5, 5.41) is 0. The van der Waals surface area contributed by atoms with Crippen molar-refractivity contribution in [2.24, 2.45) is 0 Å². The van der Waals surface area contributed by atoms with Gasteiger partial charge in [-0.3, -0.25) is 0 Å². The summed E-state index contributed by atoms with van der Waals surface area (Å²) in [6.45, 7) is 0.671. The Hall–Kier alpha value is -1.81. The predicted octanol–water partition coefficient (Wildman–Crippen LogP) is 1.90. The van der Waals surface area contributed by atoms with E-state index in [1.807, 2.05) is 24.3 Å². The van der Waals surface area contributed by atoms with E-state index in [1.54, 1.807) is 20.3 Å². The summed E-state index contributed by atoms with van der Waals surface area (Å²) >= 11 is 0. The number of ether oxygens (including phenoxy) is 3. The normalized spacial score (nSPS) is 10.5. The smallest absolute Gasteiger partial charge is 0.330 e. The highest BCUT2D eigenvalue weighted by Crippen LogP contribution is 2.12. The summed E-state index contributed by atoms with van der Waals surface area (Å²) in [6, 6.07) is 7.38. The SMILES string of the molecule is COCCOC(=O)/C=C/c1ccc(OC)cc1. The van der Waals surface area contributed by atoms with Crippen molar-refractivity contribution in [1.29, 1.82) is 0 Å². The van der Waals surface area contributed by atoms with Crippen molar-refractivity contribution in [2.75, 3.05) is 27.4 Å². The molecular weight excluding hydrogens is 220 g/mol. The van der Waals surface area contributed by atoms with Gasteiger partial charge in [-0.2, -0.15) is 0 Å². The van der Waals surface area contributed by atoms with Crippen molar-refractivity contribution in [3.8, 4) is 5.75 Å². The van der Waals surface area contributed by atoms with Gasteiger partial charge in [-0.15, -0.1) is 0 Å². The Morgan fingerprint density at radius 3 is 2.47 bits per heavy atom. The lowest BCUT2D eigenvalue weighted by Crippen LogP contribution is -2.06.